The number of thioether (sulfide) groups is 1. The first-order chi connectivity index (χ1) is 8.20. The summed E-state index contributed by atoms with van der Waals surface area (Å²) in [4.78, 5) is 0.594. The topological polar surface area (TPSA) is 111 Å². The van der Waals surface area contributed by atoms with E-state index in [-0.39, 0.29) is 0 Å². The maximum atomic E-state index is 9.41. The van der Waals surface area contributed by atoms with Gasteiger partial charge in [-0.3, -0.25) is 0 Å². The molecule has 0 aliphatic carbocycles. The predicted molar refractivity (Wildman–Crippen MR) is 67.1 cm³/mol. The molecule has 6 nitrogen and oxygen atoms in total. The Morgan fingerprint density at radius 2 is 2.11 bits per heavy atom. The van der Waals surface area contributed by atoms with Gasteiger partial charge in [0.15, 0.2) is 0 Å². The summed E-state index contributed by atoms with van der Waals surface area (Å²) in [5.41, 5.74) is 11.4. The molecule has 1 heterocycles. The van der Waals surface area contributed by atoms with E-state index in [1.807, 2.05) is 0 Å². The Hall–Kier alpha value is -0.990. The van der Waals surface area contributed by atoms with E-state index in [0.29, 0.717) is 22.8 Å². The van der Waals surface area contributed by atoms with Crippen molar-refractivity contribution in [2.24, 2.45) is 11.5 Å². The predicted octanol–water partition coefficient (Wildman–Crippen LogP) is -0.0483. The molecule has 0 radical (unpaired) electrons. The SMILES string of the molecule is COc1cc2c(cc1CC(C)(N)N)OC(O)(O)S2. The summed E-state index contributed by atoms with van der Waals surface area (Å²) >= 11 is 0.796. The molecule has 0 spiro atoms. The Bertz CT molecular complexity index is 471. The van der Waals surface area contributed by atoms with Crippen molar-refractivity contribution in [1.82, 2.24) is 0 Å². The zero-order valence-electron chi connectivity index (χ0n) is 10.1. The van der Waals surface area contributed by atoms with Crippen molar-refractivity contribution in [2.75, 3.05) is 7.11 Å². The van der Waals surface area contributed by atoms with Gasteiger partial charge in [0.2, 0.25) is 0 Å². The number of fused-ring (bicyclic) bond motifs is 1. The summed E-state index contributed by atoms with van der Waals surface area (Å²) in [6.07, 6.45) is 0.376. The molecule has 7 heteroatoms. The van der Waals surface area contributed by atoms with Crippen LogP contribution in [0.2, 0.25) is 0 Å². The number of benzene rings is 1. The highest BCUT2D eigenvalue weighted by molar-refractivity contribution is 8.00. The van der Waals surface area contributed by atoms with E-state index in [0.717, 1.165) is 17.3 Å². The summed E-state index contributed by atoms with van der Waals surface area (Å²) in [5.74, 6) is 0.967. The van der Waals surface area contributed by atoms with Crippen molar-refractivity contribution in [3.05, 3.63) is 17.7 Å². The second kappa shape index (κ2) is 4.29. The van der Waals surface area contributed by atoms with E-state index in [2.05, 4.69) is 0 Å². The number of rotatable bonds is 3. The number of hydrogen-bond donors (Lipinski definition) is 4. The van der Waals surface area contributed by atoms with Crippen LogP contribution < -0.4 is 20.9 Å². The third kappa shape index (κ3) is 2.88. The molecule has 0 bridgehead atoms. The van der Waals surface area contributed by atoms with Crippen molar-refractivity contribution in [2.45, 2.75) is 29.2 Å². The molecule has 1 aliphatic heterocycles. The van der Waals surface area contributed by atoms with Gasteiger partial charge in [0.05, 0.1) is 17.7 Å². The van der Waals surface area contributed by atoms with Gasteiger partial charge in [-0.1, -0.05) is 0 Å². The number of methoxy groups -OCH3 is 1. The number of ether oxygens (including phenoxy) is 2. The van der Waals surface area contributed by atoms with E-state index < -0.39 is 11.0 Å². The average molecular weight is 272 g/mol. The number of aliphatic hydroxyl groups is 2. The van der Waals surface area contributed by atoms with Crippen LogP contribution in [0.3, 0.4) is 0 Å². The lowest BCUT2D eigenvalue weighted by Crippen LogP contribution is -2.48. The van der Waals surface area contributed by atoms with E-state index >= 15 is 0 Å². The van der Waals surface area contributed by atoms with Gasteiger partial charge in [0, 0.05) is 12.0 Å². The van der Waals surface area contributed by atoms with Crippen LogP contribution in [0.5, 0.6) is 11.5 Å². The van der Waals surface area contributed by atoms with Gasteiger partial charge < -0.3 is 31.2 Å². The van der Waals surface area contributed by atoms with Crippen LogP contribution in [-0.2, 0) is 6.42 Å². The fourth-order valence-corrected chi connectivity index (χ4v) is 2.57. The lowest BCUT2D eigenvalue weighted by Gasteiger charge is -2.20. The maximum Gasteiger partial charge on any atom is 0.382 e. The molecule has 0 saturated carbocycles. The Morgan fingerprint density at radius 1 is 1.44 bits per heavy atom. The number of nitrogens with two attached hydrogens (primary N) is 2. The standard InChI is InChI=1S/C11H16N2O4S/c1-10(12,13)5-6-3-8-9(4-7(6)16-2)18-11(14,15)17-8/h3-4,14-15H,5,12-13H2,1-2H3. The molecule has 1 aliphatic rings. The van der Waals surface area contributed by atoms with Gasteiger partial charge in [-0.05, 0) is 30.8 Å². The molecule has 2 rings (SSSR count). The van der Waals surface area contributed by atoms with Crippen LogP contribution >= 0.6 is 11.8 Å². The zero-order valence-corrected chi connectivity index (χ0v) is 11.0. The first kappa shape index (κ1) is 13.4. The van der Waals surface area contributed by atoms with Crippen LogP contribution in [0.15, 0.2) is 17.0 Å². The van der Waals surface area contributed by atoms with Gasteiger partial charge in [-0.15, -0.1) is 0 Å². The molecule has 6 N–H and O–H groups in total. The van der Waals surface area contributed by atoms with Crippen LogP contribution in [0.1, 0.15) is 12.5 Å². The van der Waals surface area contributed by atoms with Gasteiger partial charge in [0.25, 0.3) is 0 Å². The highest BCUT2D eigenvalue weighted by atomic mass is 32.2. The van der Waals surface area contributed by atoms with E-state index in [9.17, 15) is 10.2 Å². The Balaban J connectivity index is 2.38. The second-order valence-corrected chi connectivity index (χ2v) is 5.72. The Labute approximate surface area is 109 Å². The lowest BCUT2D eigenvalue weighted by molar-refractivity contribution is -0.210. The third-order valence-electron chi connectivity index (χ3n) is 2.40. The number of hydrogen-bond acceptors (Lipinski definition) is 7. The second-order valence-electron chi connectivity index (χ2n) is 4.55. The first-order valence-corrected chi connectivity index (χ1v) is 6.13. The molecule has 1 aromatic rings. The maximum absolute atomic E-state index is 9.41. The summed E-state index contributed by atoms with van der Waals surface area (Å²) in [6, 6.07) is 3.34. The zero-order chi connectivity index (χ0) is 13.6. The highest BCUT2D eigenvalue weighted by Gasteiger charge is 2.37. The van der Waals surface area contributed by atoms with Crippen molar-refractivity contribution in [1.29, 1.82) is 0 Å². The smallest absolute Gasteiger partial charge is 0.382 e. The highest BCUT2D eigenvalue weighted by Crippen LogP contribution is 2.47. The monoisotopic (exact) mass is 272 g/mol. The Morgan fingerprint density at radius 3 is 2.67 bits per heavy atom. The summed E-state index contributed by atoms with van der Waals surface area (Å²) in [5, 5.41) is 16.6. The molecule has 0 saturated heterocycles. The van der Waals surface area contributed by atoms with Crippen LogP contribution in [0, 0.1) is 0 Å². The molecule has 1 aromatic carbocycles. The van der Waals surface area contributed by atoms with Gasteiger partial charge in [-0.25, -0.2) is 0 Å². The molecule has 0 atom stereocenters. The summed E-state index contributed by atoms with van der Waals surface area (Å²) < 4.78 is 10.2. The van der Waals surface area contributed by atoms with Crippen LogP contribution in [-0.4, -0.2) is 28.3 Å². The first-order valence-electron chi connectivity index (χ1n) is 5.32. The lowest BCUT2D eigenvalue weighted by atomic mass is 10.0. The fourth-order valence-electron chi connectivity index (χ4n) is 1.79. The quantitative estimate of drug-likeness (QED) is 0.571. The Kier molecular flexibility index (Phi) is 3.20. The molecule has 0 aromatic heterocycles. The minimum atomic E-state index is -2.24. The van der Waals surface area contributed by atoms with Gasteiger partial charge in [0.1, 0.15) is 11.5 Å². The van der Waals surface area contributed by atoms with Crippen LogP contribution in [0.4, 0.5) is 0 Å². The molecule has 0 amide bonds. The van der Waals surface area contributed by atoms with E-state index in [1.54, 1.807) is 19.1 Å². The van der Waals surface area contributed by atoms with Crippen molar-refractivity contribution < 1.29 is 19.7 Å². The van der Waals surface area contributed by atoms with Crippen molar-refractivity contribution in [3.8, 4) is 11.5 Å². The minimum absolute atomic E-state index is 0.376. The fraction of sp³-hybridized carbons (Fsp3) is 0.455. The van der Waals surface area contributed by atoms with E-state index in [4.69, 9.17) is 20.9 Å². The molecule has 18 heavy (non-hydrogen) atoms. The van der Waals surface area contributed by atoms with E-state index in [1.165, 1.54) is 7.11 Å². The molecular weight excluding hydrogens is 256 g/mol. The van der Waals surface area contributed by atoms with Gasteiger partial charge >= 0.3 is 5.31 Å². The van der Waals surface area contributed by atoms with Crippen molar-refractivity contribution in [3.63, 3.8) is 0 Å². The molecule has 0 fully saturated rings. The third-order valence-corrected chi connectivity index (χ3v) is 3.29. The normalized spacial score (nSPS) is 17.2. The molecule has 100 valence electrons. The summed E-state index contributed by atoms with van der Waals surface area (Å²) in [6.45, 7) is 1.69. The minimum Gasteiger partial charge on any atom is -0.496 e. The van der Waals surface area contributed by atoms with Gasteiger partial charge in [-0.2, -0.15) is 0 Å². The summed E-state index contributed by atoms with van der Waals surface area (Å²) in [7, 11) is 1.53. The average Bonchev–Trinajstić information content (AvgIpc) is 2.47. The largest absolute Gasteiger partial charge is 0.496 e. The van der Waals surface area contributed by atoms with Crippen LogP contribution in [0.25, 0.3) is 0 Å². The van der Waals surface area contributed by atoms with Crippen molar-refractivity contribution >= 4 is 11.8 Å². The molecule has 0 unspecified atom stereocenters. The molecular formula is C11H16N2O4S.